The number of rotatable bonds is 5. The molecule has 0 bridgehead atoms. The van der Waals surface area contributed by atoms with Gasteiger partial charge in [-0.3, -0.25) is 4.79 Å². The molecule has 8 heteroatoms. The molecule has 3 rings (SSSR count). The van der Waals surface area contributed by atoms with Gasteiger partial charge < -0.3 is 15.2 Å². The number of ether oxygens (including phenoxy) is 1. The van der Waals surface area contributed by atoms with E-state index >= 15 is 0 Å². The Morgan fingerprint density at radius 3 is 2.59 bits per heavy atom. The number of aliphatic hydroxyl groups is 1. The third kappa shape index (κ3) is 4.62. The fourth-order valence-electron chi connectivity index (χ4n) is 3.88. The first-order valence-electron chi connectivity index (χ1n) is 9.53. The third-order valence-corrected chi connectivity index (χ3v) is 7.39. The van der Waals surface area contributed by atoms with E-state index < -0.39 is 10.0 Å². The van der Waals surface area contributed by atoms with Gasteiger partial charge in [0.25, 0.3) is 0 Å². The van der Waals surface area contributed by atoms with Crippen LogP contribution >= 0.6 is 0 Å². The molecule has 1 heterocycles. The smallest absolute Gasteiger partial charge is 0.246 e. The molecule has 1 aromatic carbocycles. The van der Waals surface area contributed by atoms with Crippen LogP contribution in [0.5, 0.6) is 5.75 Å². The summed E-state index contributed by atoms with van der Waals surface area (Å²) in [6.07, 6.45) is 3.99. The molecule has 1 saturated carbocycles. The Bertz CT molecular complexity index is 759. The quantitative estimate of drug-likeness (QED) is 0.787. The van der Waals surface area contributed by atoms with Gasteiger partial charge >= 0.3 is 0 Å². The Balaban J connectivity index is 1.67. The van der Waals surface area contributed by atoms with Gasteiger partial charge in [-0.25, -0.2) is 8.42 Å². The fraction of sp³-hybridized carbons (Fsp3) is 0.632. The highest BCUT2D eigenvalue weighted by atomic mass is 32.2. The summed E-state index contributed by atoms with van der Waals surface area (Å²) in [7, 11) is -2.27. The predicted molar refractivity (Wildman–Crippen MR) is 101 cm³/mol. The highest BCUT2D eigenvalue weighted by molar-refractivity contribution is 7.89. The first-order chi connectivity index (χ1) is 12.9. The van der Waals surface area contributed by atoms with Gasteiger partial charge in [0.15, 0.2) is 0 Å². The Hall–Kier alpha value is -1.64. The van der Waals surface area contributed by atoms with Crippen molar-refractivity contribution >= 4 is 15.9 Å². The number of carbonyl (C=O) groups excluding carboxylic acids is 1. The first-order valence-corrected chi connectivity index (χ1v) is 11.0. The maximum absolute atomic E-state index is 13.0. The molecule has 1 aromatic rings. The van der Waals surface area contributed by atoms with Crippen molar-refractivity contribution in [2.75, 3.05) is 20.2 Å². The summed E-state index contributed by atoms with van der Waals surface area (Å²) >= 11 is 0. The van der Waals surface area contributed by atoms with E-state index in [1.807, 2.05) is 0 Å². The molecule has 2 aliphatic rings. The molecular weight excluding hydrogens is 368 g/mol. The van der Waals surface area contributed by atoms with E-state index in [0.29, 0.717) is 38.0 Å². The molecule has 7 nitrogen and oxygen atoms in total. The summed E-state index contributed by atoms with van der Waals surface area (Å²) in [5.41, 5.74) is 0. The third-order valence-electron chi connectivity index (χ3n) is 5.48. The highest BCUT2D eigenvalue weighted by Crippen LogP contribution is 2.30. The van der Waals surface area contributed by atoms with E-state index in [4.69, 9.17) is 4.74 Å². The van der Waals surface area contributed by atoms with Gasteiger partial charge in [0.2, 0.25) is 15.9 Å². The monoisotopic (exact) mass is 396 g/mol. The molecule has 2 N–H and O–H groups in total. The number of hydrogen-bond donors (Lipinski definition) is 2. The van der Waals surface area contributed by atoms with Gasteiger partial charge in [-0.05, 0) is 50.7 Å². The molecule has 2 fully saturated rings. The minimum atomic E-state index is -3.72. The zero-order chi connectivity index (χ0) is 19.4. The molecule has 150 valence electrons. The average Bonchev–Trinajstić information content (AvgIpc) is 2.69. The summed E-state index contributed by atoms with van der Waals surface area (Å²) in [4.78, 5) is 12.8. The van der Waals surface area contributed by atoms with Crippen molar-refractivity contribution in [3.8, 4) is 5.75 Å². The number of amides is 1. The summed E-state index contributed by atoms with van der Waals surface area (Å²) in [5, 5.41) is 12.6. The molecule has 27 heavy (non-hydrogen) atoms. The van der Waals surface area contributed by atoms with Crippen LogP contribution in [0.2, 0.25) is 0 Å². The van der Waals surface area contributed by atoms with Crippen molar-refractivity contribution in [3.05, 3.63) is 24.3 Å². The Morgan fingerprint density at radius 1 is 1.19 bits per heavy atom. The number of methoxy groups -OCH3 is 1. The lowest BCUT2D eigenvalue weighted by Crippen LogP contribution is -2.48. The zero-order valence-electron chi connectivity index (χ0n) is 15.6. The Labute approximate surface area is 160 Å². The van der Waals surface area contributed by atoms with E-state index in [0.717, 1.165) is 12.8 Å². The van der Waals surface area contributed by atoms with Crippen LogP contribution in [0.3, 0.4) is 0 Å². The minimum absolute atomic E-state index is 0.0714. The topological polar surface area (TPSA) is 95.9 Å². The molecular formula is C19H28N2O5S. The largest absolute Gasteiger partial charge is 0.495 e. The molecule has 1 saturated heterocycles. The van der Waals surface area contributed by atoms with Crippen LogP contribution in [0.4, 0.5) is 0 Å². The molecule has 0 aromatic heterocycles. The van der Waals surface area contributed by atoms with Crippen LogP contribution in [-0.4, -0.2) is 56.1 Å². The Morgan fingerprint density at radius 2 is 1.89 bits per heavy atom. The van der Waals surface area contributed by atoms with Gasteiger partial charge in [0.1, 0.15) is 10.6 Å². The highest BCUT2D eigenvalue weighted by Gasteiger charge is 2.35. The number of aliphatic hydroxyl groups excluding tert-OH is 1. The van der Waals surface area contributed by atoms with Gasteiger partial charge in [-0.1, -0.05) is 12.1 Å². The van der Waals surface area contributed by atoms with E-state index in [9.17, 15) is 18.3 Å². The number of nitrogens with one attached hydrogen (secondary N) is 1. The molecule has 0 radical (unpaired) electrons. The first kappa shape index (κ1) is 20.1. The van der Waals surface area contributed by atoms with Crippen molar-refractivity contribution in [2.45, 2.75) is 55.6 Å². The van der Waals surface area contributed by atoms with Crippen LogP contribution in [0.15, 0.2) is 29.2 Å². The fourth-order valence-corrected chi connectivity index (χ4v) is 5.56. The second kappa shape index (κ2) is 8.58. The standard InChI is InChI=1S/C19H28N2O5S/c1-26-17-6-2-3-7-18(17)27(24,25)21-12-4-5-14(13-21)19(23)20-15-8-10-16(22)11-9-15/h2-3,6-7,14-16,22H,4-5,8-13H2,1H3,(H,20,23). The van der Waals surface area contributed by atoms with E-state index in [-0.39, 0.29) is 35.4 Å². The lowest BCUT2D eigenvalue weighted by atomic mass is 9.92. The molecule has 1 aliphatic heterocycles. The van der Waals surface area contributed by atoms with Gasteiger partial charge in [-0.15, -0.1) is 0 Å². The Kier molecular flexibility index (Phi) is 6.39. The zero-order valence-corrected chi connectivity index (χ0v) is 16.5. The van der Waals surface area contributed by atoms with Crippen LogP contribution in [0.25, 0.3) is 0 Å². The number of hydrogen-bond acceptors (Lipinski definition) is 5. The normalized spacial score (nSPS) is 27.1. The van der Waals surface area contributed by atoms with Gasteiger partial charge in [-0.2, -0.15) is 4.31 Å². The van der Waals surface area contributed by atoms with Crippen molar-refractivity contribution in [1.82, 2.24) is 9.62 Å². The van der Waals surface area contributed by atoms with Crippen LogP contribution < -0.4 is 10.1 Å². The second-order valence-corrected chi connectivity index (χ2v) is 9.27. The maximum Gasteiger partial charge on any atom is 0.246 e. The number of para-hydroxylation sites is 1. The number of sulfonamides is 1. The minimum Gasteiger partial charge on any atom is -0.495 e. The second-order valence-electron chi connectivity index (χ2n) is 7.37. The molecule has 1 atom stereocenters. The van der Waals surface area contributed by atoms with Crippen LogP contribution in [0.1, 0.15) is 38.5 Å². The average molecular weight is 397 g/mol. The van der Waals surface area contributed by atoms with Crippen molar-refractivity contribution in [3.63, 3.8) is 0 Å². The lowest BCUT2D eigenvalue weighted by molar-refractivity contribution is -0.127. The number of benzene rings is 1. The summed E-state index contributed by atoms with van der Waals surface area (Å²) in [6, 6.07) is 6.62. The maximum atomic E-state index is 13.0. The molecule has 0 spiro atoms. The predicted octanol–water partition coefficient (Wildman–Crippen LogP) is 1.52. The molecule has 1 amide bonds. The van der Waals surface area contributed by atoms with Gasteiger partial charge in [0, 0.05) is 19.1 Å². The lowest BCUT2D eigenvalue weighted by Gasteiger charge is -2.33. The number of piperidine rings is 1. The summed E-state index contributed by atoms with van der Waals surface area (Å²) in [5.74, 6) is -0.128. The molecule has 1 aliphatic carbocycles. The molecule has 1 unspecified atom stereocenters. The van der Waals surface area contributed by atoms with E-state index in [1.54, 1.807) is 18.2 Å². The van der Waals surface area contributed by atoms with Crippen LogP contribution in [-0.2, 0) is 14.8 Å². The summed E-state index contributed by atoms with van der Waals surface area (Å²) in [6.45, 7) is 0.585. The van der Waals surface area contributed by atoms with Crippen molar-refractivity contribution in [1.29, 1.82) is 0 Å². The van der Waals surface area contributed by atoms with Crippen molar-refractivity contribution in [2.24, 2.45) is 5.92 Å². The number of carbonyl (C=O) groups is 1. The van der Waals surface area contributed by atoms with E-state index in [1.165, 1.54) is 17.5 Å². The number of nitrogens with zero attached hydrogens (tertiary/aromatic N) is 1. The SMILES string of the molecule is COc1ccccc1S(=O)(=O)N1CCCC(C(=O)NC2CCC(O)CC2)C1. The van der Waals surface area contributed by atoms with E-state index in [2.05, 4.69) is 5.32 Å². The summed E-state index contributed by atoms with van der Waals surface area (Å²) < 4.78 is 32.7. The van der Waals surface area contributed by atoms with Crippen molar-refractivity contribution < 1.29 is 23.1 Å². The van der Waals surface area contributed by atoms with Crippen LogP contribution in [0, 0.1) is 5.92 Å². The van der Waals surface area contributed by atoms with Gasteiger partial charge in [0.05, 0.1) is 19.1 Å².